The molecule has 0 aliphatic carbocycles. The van der Waals surface area contributed by atoms with E-state index in [0.717, 1.165) is 41.8 Å². The number of benzene rings is 1. The number of anilines is 1. The number of carbonyl (C=O) groups is 1. The molecule has 33 heavy (non-hydrogen) atoms. The third-order valence-electron chi connectivity index (χ3n) is 5.67. The van der Waals surface area contributed by atoms with Crippen molar-refractivity contribution >= 4 is 11.7 Å². The van der Waals surface area contributed by atoms with Crippen molar-refractivity contribution in [2.24, 2.45) is 0 Å². The molecular weight excluding hydrogens is 432 g/mol. The quantitative estimate of drug-likeness (QED) is 0.452. The third-order valence-corrected chi connectivity index (χ3v) is 5.67. The van der Waals surface area contributed by atoms with E-state index in [1.807, 2.05) is 19.1 Å². The molecule has 1 aliphatic heterocycles. The number of likely N-dealkylation sites (tertiary alicyclic amines) is 1. The molecule has 172 valence electrons. The fourth-order valence-corrected chi connectivity index (χ4v) is 3.83. The number of nitrogens with one attached hydrogen (secondary N) is 1. The van der Waals surface area contributed by atoms with E-state index < -0.39 is 17.7 Å². The summed E-state index contributed by atoms with van der Waals surface area (Å²) in [6, 6.07) is 6.19. The van der Waals surface area contributed by atoms with E-state index in [4.69, 9.17) is 4.74 Å². The molecule has 1 fully saturated rings. The minimum atomic E-state index is -0.856. The molecule has 0 bridgehead atoms. The molecule has 0 unspecified atom stereocenters. The van der Waals surface area contributed by atoms with Crippen LogP contribution in [-0.4, -0.2) is 39.9 Å². The molecule has 10 heteroatoms. The average molecular weight is 455 g/mol. The van der Waals surface area contributed by atoms with E-state index in [2.05, 4.69) is 20.2 Å². The van der Waals surface area contributed by atoms with Crippen molar-refractivity contribution in [1.29, 1.82) is 0 Å². The molecule has 2 aromatic heterocycles. The lowest BCUT2D eigenvalue weighted by Crippen LogP contribution is -2.46. The smallest absolute Gasteiger partial charge is 0.242 e. The standard InChI is InChI=1S/C23H23F2N5O3/c1-15(29-8-2-3-17(14-29)16-6-9-30(32)10-7-16)23(31)28-21-12-27-22(13-26-21)33-20-5-4-18(24)11-19(20)25/h4-7,9-13,15,17H,2-3,8,14H2,1H3,(H,26,28,31)/t15-,17+/m0/s1. The van der Waals surface area contributed by atoms with E-state index in [9.17, 15) is 18.8 Å². The van der Waals surface area contributed by atoms with Gasteiger partial charge < -0.3 is 15.3 Å². The number of rotatable bonds is 6. The number of aromatic nitrogens is 3. The second kappa shape index (κ2) is 9.86. The highest BCUT2D eigenvalue weighted by Crippen LogP contribution is 2.28. The zero-order chi connectivity index (χ0) is 23.4. The molecule has 4 rings (SSSR count). The summed E-state index contributed by atoms with van der Waals surface area (Å²) in [6.45, 7) is 3.33. The number of carbonyl (C=O) groups excluding carboxylic acids is 1. The average Bonchev–Trinajstić information content (AvgIpc) is 2.82. The molecule has 1 amide bonds. The lowest BCUT2D eigenvalue weighted by atomic mass is 9.90. The van der Waals surface area contributed by atoms with Crippen LogP contribution < -0.4 is 14.8 Å². The van der Waals surface area contributed by atoms with Crippen LogP contribution in [0.3, 0.4) is 0 Å². The van der Waals surface area contributed by atoms with Gasteiger partial charge in [-0.05, 0) is 49.9 Å². The van der Waals surface area contributed by atoms with Crippen LogP contribution in [0.25, 0.3) is 0 Å². The predicted octanol–water partition coefficient (Wildman–Crippen LogP) is 3.39. The van der Waals surface area contributed by atoms with Gasteiger partial charge in [0.25, 0.3) is 0 Å². The van der Waals surface area contributed by atoms with Gasteiger partial charge in [-0.1, -0.05) is 0 Å². The van der Waals surface area contributed by atoms with Crippen LogP contribution >= 0.6 is 0 Å². The molecule has 2 atom stereocenters. The topological polar surface area (TPSA) is 94.3 Å². The monoisotopic (exact) mass is 455 g/mol. The Labute approximate surface area is 189 Å². The zero-order valence-electron chi connectivity index (χ0n) is 17.9. The minimum absolute atomic E-state index is 0.00712. The van der Waals surface area contributed by atoms with Gasteiger partial charge in [0.15, 0.2) is 29.8 Å². The fourth-order valence-electron chi connectivity index (χ4n) is 3.83. The Morgan fingerprint density at radius 3 is 2.73 bits per heavy atom. The molecule has 1 aromatic carbocycles. The first-order valence-electron chi connectivity index (χ1n) is 10.6. The first kappa shape index (κ1) is 22.5. The van der Waals surface area contributed by atoms with Crippen molar-refractivity contribution in [1.82, 2.24) is 14.9 Å². The summed E-state index contributed by atoms with van der Waals surface area (Å²) in [4.78, 5) is 23.0. The number of ether oxygens (including phenoxy) is 1. The lowest BCUT2D eigenvalue weighted by molar-refractivity contribution is -0.605. The van der Waals surface area contributed by atoms with Crippen LogP contribution in [0.5, 0.6) is 11.6 Å². The molecule has 3 heterocycles. The molecule has 1 saturated heterocycles. The van der Waals surface area contributed by atoms with E-state index in [-0.39, 0.29) is 29.3 Å². The largest absolute Gasteiger partial charge is 0.619 e. The maximum Gasteiger partial charge on any atom is 0.242 e. The Morgan fingerprint density at radius 1 is 1.24 bits per heavy atom. The second-order valence-corrected chi connectivity index (χ2v) is 7.91. The maximum atomic E-state index is 13.7. The van der Waals surface area contributed by atoms with Crippen molar-refractivity contribution in [3.05, 3.63) is 77.5 Å². The lowest BCUT2D eigenvalue weighted by Gasteiger charge is -2.36. The number of piperidine rings is 1. The first-order valence-corrected chi connectivity index (χ1v) is 10.6. The molecule has 0 spiro atoms. The van der Waals surface area contributed by atoms with Crippen molar-refractivity contribution < 1.29 is 23.0 Å². The van der Waals surface area contributed by atoms with Gasteiger partial charge in [-0.3, -0.25) is 9.69 Å². The van der Waals surface area contributed by atoms with Crippen molar-refractivity contribution in [2.45, 2.75) is 31.7 Å². The first-order chi connectivity index (χ1) is 15.9. The Morgan fingerprint density at radius 2 is 2.03 bits per heavy atom. The summed E-state index contributed by atoms with van der Waals surface area (Å²) in [5, 5.41) is 14.0. The van der Waals surface area contributed by atoms with Crippen molar-refractivity contribution in [3.8, 4) is 11.6 Å². The van der Waals surface area contributed by atoms with E-state index in [0.29, 0.717) is 12.6 Å². The van der Waals surface area contributed by atoms with Gasteiger partial charge in [0.1, 0.15) is 5.82 Å². The van der Waals surface area contributed by atoms with E-state index in [1.165, 1.54) is 24.8 Å². The molecule has 3 aromatic rings. The Balaban J connectivity index is 1.34. The summed E-state index contributed by atoms with van der Waals surface area (Å²) in [7, 11) is 0. The summed E-state index contributed by atoms with van der Waals surface area (Å²) < 4.78 is 32.7. The number of pyridine rings is 1. The zero-order valence-corrected chi connectivity index (χ0v) is 17.9. The Bertz CT molecular complexity index is 1110. The van der Waals surface area contributed by atoms with Gasteiger partial charge in [0, 0.05) is 24.7 Å². The highest BCUT2D eigenvalue weighted by molar-refractivity contribution is 5.93. The molecule has 1 aliphatic rings. The highest BCUT2D eigenvalue weighted by atomic mass is 19.1. The van der Waals surface area contributed by atoms with E-state index in [1.54, 1.807) is 0 Å². The third kappa shape index (κ3) is 5.58. The van der Waals surface area contributed by atoms with Crippen LogP contribution in [0.4, 0.5) is 14.6 Å². The van der Waals surface area contributed by atoms with Gasteiger partial charge in [0.05, 0.1) is 18.4 Å². The molecular formula is C23H23F2N5O3. The number of halogens is 2. The molecule has 8 nitrogen and oxygen atoms in total. The van der Waals surface area contributed by atoms with E-state index >= 15 is 0 Å². The van der Waals surface area contributed by atoms with Crippen LogP contribution in [0.15, 0.2) is 55.1 Å². The van der Waals surface area contributed by atoms with Crippen LogP contribution in [-0.2, 0) is 4.79 Å². The normalized spacial score (nSPS) is 17.4. The van der Waals surface area contributed by atoms with Crippen LogP contribution in [0.1, 0.15) is 31.2 Å². The number of nitrogens with zero attached hydrogens (tertiary/aromatic N) is 4. The summed E-state index contributed by atoms with van der Waals surface area (Å²) >= 11 is 0. The van der Waals surface area contributed by atoms with Gasteiger partial charge >= 0.3 is 0 Å². The van der Waals surface area contributed by atoms with Gasteiger partial charge in [-0.25, -0.2) is 18.7 Å². The van der Waals surface area contributed by atoms with Crippen molar-refractivity contribution in [3.63, 3.8) is 0 Å². The number of hydrogen-bond donors (Lipinski definition) is 1. The highest BCUT2D eigenvalue weighted by Gasteiger charge is 2.28. The van der Waals surface area contributed by atoms with Gasteiger partial charge in [-0.15, -0.1) is 0 Å². The molecule has 1 N–H and O–H groups in total. The van der Waals surface area contributed by atoms with Crippen LogP contribution in [0, 0.1) is 16.8 Å². The second-order valence-electron chi connectivity index (χ2n) is 7.91. The summed E-state index contributed by atoms with van der Waals surface area (Å²) in [5.41, 5.74) is 1.08. The predicted molar refractivity (Wildman–Crippen MR) is 116 cm³/mol. The Hall–Kier alpha value is -3.66. The maximum absolute atomic E-state index is 13.7. The SMILES string of the molecule is C[C@@H](C(=O)Nc1cnc(Oc2ccc(F)cc2F)cn1)N1CCC[C@@H](c2cc[n+]([O-])cc2)C1. The fraction of sp³-hybridized carbons (Fsp3) is 0.304. The molecule has 0 radical (unpaired) electrons. The summed E-state index contributed by atoms with van der Waals surface area (Å²) in [6.07, 6.45) is 7.47. The van der Waals surface area contributed by atoms with Gasteiger partial charge in [0.2, 0.25) is 11.8 Å². The van der Waals surface area contributed by atoms with Crippen molar-refractivity contribution in [2.75, 3.05) is 18.4 Å². The Kier molecular flexibility index (Phi) is 6.74. The van der Waals surface area contributed by atoms with Crippen LogP contribution in [0.2, 0.25) is 0 Å². The summed E-state index contributed by atoms with van der Waals surface area (Å²) in [5.74, 6) is -1.49. The number of hydrogen-bond acceptors (Lipinski definition) is 6. The number of amides is 1. The minimum Gasteiger partial charge on any atom is -0.619 e. The van der Waals surface area contributed by atoms with Gasteiger partial charge in [-0.2, -0.15) is 4.73 Å². The molecule has 0 saturated carbocycles.